The lowest BCUT2D eigenvalue weighted by atomic mass is 10.2. The maximum Gasteiger partial charge on any atom is 0.170 e. The Bertz CT molecular complexity index is 666. The van der Waals surface area contributed by atoms with Crippen molar-refractivity contribution in [3.05, 3.63) is 47.0 Å². The molecule has 0 aliphatic rings. The summed E-state index contributed by atoms with van der Waals surface area (Å²) in [4.78, 5) is 0. The molecule has 0 bridgehead atoms. The van der Waals surface area contributed by atoms with Crippen molar-refractivity contribution >= 4 is 23.0 Å². The van der Waals surface area contributed by atoms with Crippen LogP contribution in [-0.4, -0.2) is 21.4 Å². The number of hydrogen-bond acceptors (Lipinski definition) is 2. The number of thiocarbonyl (C=S) groups is 1. The maximum absolute atomic E-state index is 13.8. The Hall–Kier alpha value is -1.95. The van der Waals surface area contributed by atoms with Crippen LogP contribution in [0.5, 0.6) is 0 Å². The SMILES string of the molecule is CCCNC(=S)Nc1c(C)nn(Cc2ccccc2F)c1C. The first kappa shape index (κ1) is 16.4. The molecule has 118 valence electrons. The van der Waals surface area contributed by atoms with E-state index in [0.29, 0.717) is 17.2 Å². The first-order valence-electron chi connectivity index (χ1n) is 7.35. The van der Waals surface area contributed by atoms with Gasteiger partial charge in [0.25, 0.3) is 0 Å². The molecule has 2 rings (SSSR count). The normalized spacial score (nSPS) is 10.5. The van der Waals surface area contributed by atoms with Gasteiger partial charge in [-0.05, 0) is 38.6 Å². The zero-order valence-corrected chi connectivity index (χ0v) is 13.9. The highest BCUT2D eigenvalue weighted by atomic mass is 32.1. The average molecular weight is 320 g/mol. The van der Waals surface area contributed by atoms with Crippen molar-refractivity contribution in [2.45, 2.75) is 33.7 Å². The molecule has 0 unspecified atom stereocenters. The number of aromatic nitrogens is 2. The molecule has 0 amide bonds. The zero-order chi connectivity index (χ0) is 16.1. The highest BCUT2D eigenvalue weighted by Gasteiger charge is 2.13. The summed E-state index contributed by atoms with van der Waals surface area (Å²) in [6, 6.07) is 6.74. The largest absolute Gasteiger partial charge is 0.362 e. The van der Waals surface area contributed by atoms with Gasteiger partial charge in [0.1, 0.15) is 5.82 Å². The van der Waals surface area contributed by atoms with E-state index in [9.17, 15) is 4.39 Å². The lowest BCUT2D eigenvalue weighted by Crippen LogP contribution is -2.29. The van der Waals surface area contributed by atoms with E-state index in [2.05, 4.69) is 22.7 Å². The van der Waals surface area contributed by atoms with Gasteiger partial charge in [0, 0.05) is 12.1 Å². The minimum atomic E-state index is -0.218. The molecular formula is C16H21FN4S. The minimum absolute atomic E-state index is 0.218. The van der Waals surface area contributed by atoms with Gasteiger partial charge in [-0.15, -0.1) is 0 Å². The van der Waals surface area contributed by atoms with Gasteiger partial charge in [-0.25, -0.2) is 4.39 Å². The quantitative estimate of drug-likeness (QED) is 0.829. The Morgan fingerprint density at radius 3 is 2.73 bits per heavy atom. The predicted molar refractivity (Wildman–Crippen MR) is 91.7 cm³/mol. The van der Waals surface area contributed by atoms with Crippen LogP contribution in [0.15, 0.2) is 24.3 Å². The van der Waals surface area contributed by atoms with Crippen molar-refractivity contribution in [3.8, 4) is 0 Å². The Kier molecular flexibility index (Phi) is 5.49. The van der Waals surface area contributed by atoms with Gasteiger partial charge in [0.15, 0.2) is 5.11 Å². The third kappa shape index (κ3) is 3.82. The lowest BCUT2D eigenvalue weighted by Gasteiger charge is -2.10. The molecule has 0 spiro atoms. The Balaban J connectivity index is 2.17. The first-order chi connectivity index (χ1) is 10.5. The van der Waals surface area contributed by atoms with Crippen LogP contribution in [0.25, 0.3) is 0 Å². The van der Waals surface area contributed by atoms with E-state index in [1.165, 1.54) is 6.07 Å². The molecule has 0 fully saturated rings. The van der Waals surface area contributed by atoms with Crippen LogP contribution >= 0.6 is 12.2 Å². The molecule has 2 aromatic rings. The number of benzene rings is 1. The summed E-state index contributed by atoms with van der Waals surface area (Å²) in [7, 11) is 0. The molecule has 22 heavy (non-hydrogen) atoms. The summed E-state index contributed by atoms with van der Waals surface area (Å²) in [6.45, 7) is 7.17. The fraction of sp³-hybridized carbons (Fsp3) is 0.375. The summed E-state index contributed by atoms with van der Waals surface area (Å²) in [5.74, 6) is -0.218. The molecule has 0 saturated heterocycles. The van der Waals surface area contributed by atoms with E-state index in [-0.39, 0.29) is 5.82 Å². The second-order valence-corrected chi connectivity index (χ2v) is 5.58. The van der Waals surface area contributed by atoms with Gasteiger partial charge >= 0.3 is 0 Å². The average Bonchev–Trinajstić information content (AvgIpc) is 2.75. The number of aryl methyl sites for hydroxylation is 1. The summed E-state index contributed by atoms with van der Waals surface area (Å²) in [5.41, 5.74) is 3.27. The second-order valence-electron chi connectivity index (χ2n) is 5.18. The third-order valence-electron chi connectivity index (χ3n) is 3.43. The predicted octanol–water partition coefficient (Wildman–Crippen LogP) is 3.38. The van der Waals surface area contributed by atoms with Gasteiger partial charge in [-0.2, -0.15) is 5.10 Å². The van der Waals surface area contributed by atoms with Gasteiger partial charge in [0.05, 0.1) is 23.6 Å². The zero-order valence-electron chi connectivity index (χ0n) is 13.1. The Labute approximate surface area is 135 Å². The van der Waals surface area contributed by atoms with E-state index < -0.39 is 0 Å². The minimum Gasteiger partial charge on any atom is -0.362 e. The van der Waals surface area contributed by atoms with Crippen LogP contribution in [0.3, 0.4) is 0 Å². The topological polar surface area (TPSA) is 41.9 Å². The van der Waals surface area contributed by atoms with Crippen molar-refractivity contribution in [2.75, 3.05) is 11.9 Å². The number of hydrogen-bond donors (Lipinski definition) is 2. The molecule has 0 radical (unpaired) electrons. The van der Waals surface area contributed by atoms with Crippen molar-refractivity contribution in [1.29, 1.82) is 0 Å². The van der Waals surface area contributed by atoms with Crippen molar-refractivity contribution in [3.63, 3.8) is 0 Å². The molecule has 6 heteroatoms. The molecule has 0 atom stereocenters. The summed E-state index contributed by atoms with van der Waals surface area (Å²) in [5, 5.41) is 11.4. The van der Waals surface area contributed by atoms with Crippen LogP contribution in [-0.2, 0) is 6.54 Å². The van der Waals surface area contributed by atoms with E-state index in [1.807, 2.05) is 19.9 Å². The van der Waals surface area contributed by atoms with Gasteiger partial charge in [-0.3, -0.25) is 4.68 Å². The summed E-state index contributed by atoms with van der Waals surface area (Å²) in [6.07, 6.45) is 1.01. The molecule has 4 nitrogen and oxygen atoms in total. The summed E-state index contributed by atoms with van der Waals surface area (Å²) < 4.78 is 15.6. The highest BCUT2D eigenvalue weighted by molar-refractivity contribution is 7.80. The van der Waals surface area contributed by atoms with Gasteiger partial charge < -0.3 is 10.6 Å². The fourth-order valence-electron chi connectivity index (χ4n) is 2.22. The van der Waals surface area contributed by atoms with Crippen LogP contribution in [0, 0.1) is 19.7 Å². The first-order valence-corrected chi connectivity index (χ1v) is 7.76. The van der Waals surface area contributed by atoms with Crippen LogP contribution in [0.1, 0.15) is 30.3 Å². The smallest absolute Gasteiger partial charge is 0.170 e. The molecule has 1 heterocycles. The standard InChI is InChI=1S/C16H21FN4S/c1-4-9-18-16(22)19-15-11(2)20-21(12(15)3)10-13-7-5-6-8-14(13)17/h5-8H,4,9-10H2,1-3H3,(H2,18,19,22). The molecular weight excluding hydrogens is 299 g/mol. The number of halogens is 1. The summed E-state index contributed by atoms with van der Waals surface area (Å²) >= 11 is 5.26. The van der Waals surface area contributed by atoms with E-state index in [0.717, 1.165) is 30.0 Å². The molecule has 0 aliphatic carbocycles. The number of nitrogens with zero attached hydrogens (tertiary/aromatic N) is 2. The number of rotatable bonds is 5. The van der Waals surface area contributed by atoms with E-state index in [4.69, 9.17) is 12.2 Å². The molecule has 0 saturated carbocycles. The monoisotopic (exact) mass is 320 g/mol. The number of nitrogens with one attached hydrogen (secondary N) is 2. The van der Waals surface area contributed by atoms with Crippen LogP contribution in [0.4, 0.5) is 10.1 Å². The second kappa shape index (κ2) is 7.35. The molecule has 1 aromatic heterocycles. The van der Waals surface area contributed by atoms with Gasteiger partial charge in [-0.1, -0.05) is 25.1 Å². The van der Waals surface area contributed by atoms with Gasteiger partial charge in [0.2, 0.25) is 0 Å². The van der Waals surface area contributed by atoms with Crippen LogP contribution < -0.4 is 10.6 Å². The molecule has 0 aliphatic heterocycles. The van der Waals surface area contributed by atoms with Crippen molar-refractivity contribution in [1.82, 2.24) is 15.1 Å². The maximum atomic E-state index is 13.8. The van der Waals surface area contributed by atoms with E-state index >= 15 is 0 Å². The third-order valence-corrected chi connectivity index (χ3v) is 3.68. The Morgan fingerprint density at radius 1 is 1.32 bits per heavy atom. The fourth-order valence-corrected chi connectivity index (χ4v) is 2.42. The van der Waals surface area contributed by atoms with Crippen molar-refractivity contribution < 1.29 is 4.39 Å². The molecule has 2 N–H and O–H groups in total. The van der Waals surface area contributed by atoms with E-state index in [1.54, 1.807) is 16.8 Å². The van der Waals surface area contributed by atoms with Crippen LogP contribution in [0.2, 0.25) is 0 Å². The molecule has 1 aromatic carbocycles. The highest BCUT2D eigenvalue weighted by Crippen LogP contribution is 2.21. The lowest BCUT2D eigenvalue weighted by molar-refractivity contribution is 0.579. The van der Waals surface area contributed by atoms with Crippen molar-refractivity contribution in [2.24, 2.45) is 0 Å². The Morgan fingerprint density at radius 2 is 2.05 bits per heavy atom. The number of anilines is 1.